The maximum Gasteiger partial charge on any atom is 0.115 e. The number of fused-ring (bicyclic) bond motifs is 3. The van der Waals surface area contributed by atoms with Gasteiger partial charge in [-0.25, -0.2) is 0 Å². The Morgan fingerprint density at radius 2 is 1.57 bits per heavy atom. The summed E-state index contributed by atoms with van der Waals surface area (Å²) < 4.78 is 0. The zero-order valence-electron chi connectivity index (χ0n) is 17.3. The summed E-state index contributed by atoms with van der Waals surface area (Å²) in [6.45, 7) is 2.34. The number of hydrogen-bond acceptors (Lipinski definition) is 2. The lowest BCUT2D eigenvalue weighted by molar-refractivity contribution is 0.0360. The van der Waals surface area contributed by atoms with Crippen molar-refractivity contribution in [1.29, 1.82) is 0 Å². The summed E-state index contributed by atoms with van der Waals surface area (Å²) in [5.74, 6) is 4.26. The summed E-state index contributed by atoms with van der Waals surface area (Å²) in [6.07, 6.45) is 14.8. The number of rotatable bonds is 2. The average Bonchev–Trinajstić information content (AvgIpc) is 3.00. The first-order valence-electron chi connectivity index (χ1n) is 11.7. The third-order valence-electron chi connectivity index (χ3n) is 9.13. The molecule has 4 aliphatic carbocycles. The number of hydrogen-bond donors (Lipinski definition) is 2. The van der Waals surface area contributed by atoms with Crippen molar-refractivity contribution < 1.29 is 10.2 Å². The number of phenols is 1. The molecule has 0 aromatic heterocycles. The summed E-state index contributed by atoms with van der Waals surface area (Å²) in [5, 5.41) is 20.2. The summed E-state index contributed by atoms with van der Waals surface area (Å²) in [4.78, 5) is 0. The molecule has 5 atom stereocenters. The van der Waals surface area contributed by atoms with Crippen molar-refractivity contribution in [1.82, 2.24) is 0 Å². The molecule has 0 amide bonds. The van der Waals surface area contributed by atoms with Crippen LogP contribution in [0.3, 0.4) is 0 Å². The van der Waals surface area contributed by atoms with Crippen LogP contribution in [0.5, 0.6) is 5.75 Å². The normalized spacial score (nSPS) is 43.1. The Kier molecular flexibility index (Phi) is 4.82. The minimum absolute atomic E-state index is 0.0963. The third-order valence-corrected chi connectivity index (χ3v) is 9.13. The van der Waals surface area contributed by atoms with Crippen LogP contribution in [0.1, 0.15) is 76.7 Å². The molecule has 2 N–H and O–H groups in total. The molecule has 1 aromatic rings. The number of allylic oxidation sites excluding steroid dienone is 2. The smallest absolute Gasteiger partial charge is 0.115 e. The van der Waals surface area contributed by atoms with Crippen molar-refractivity contribution in [2.75, 3.05) is 0 Å². The Hall–Kier alpha value is -1.28. The predicted molar refractivity (Wildman–Crippen MR) is 113 cm³/mol. The lowest BCUT2D eigenvalue weighted by Crippen LogP contribution is -2.47. The summed E-state index contributed by atoms with van der Waals surface area (Å²) in [7, 11) is 0. The Morgan fingerprint density at radius 3 is 2.32 bits per heavy atom. The molecule has 4 aliphatic rings. The van der Waals surface area contributed by atoms with E-state index in [1.54, 1.807) is 5.57 Å². The lowest BCUT2D eigenvalue weighted by Gasteiger charge is -2.51. The van der Waals surface area contributed by atoms with Crippen LogP contribution >= 0.6 is 0 Å². The van der Waals surface area contributed by atoms with Crippen LogP contribution in [-0.2, 0) is 5.41 Å². The Bertz CT molecular complexity index is 727. The van der Waals surface area contributed by atoms with E-state index in [4.69, 9.17) is 0 Å². The molecule has 0 spiro atoms. The van der Waals surface area contributed by atoms with E-state index in [9.17, 15) is 10.2 Å². The molecule has 0 radical (unpaired) electrons. The van der Waals surface area contributed by atoms with Crippen LogP contribution in [-0.4, -0.2) is 16.3 Å². The number of benzene rings is 1. The summed E-state index contributed by atoms with van der Waals surface area (Å²) >= 11 is 0. The van der Waals surface area contributed by atoms with Gasteiger partial charge in [0.15, 0.2) is 0 Å². The molecule has 0 heterocycles. The first-order valence-corrected chi connectivity index (χ1v) is 11.7. The summed E-state index contributed by atoms with van der Waals surface area (Å²) in [5.41, 5.74) is 3.33. The highest BCUT2D eigenvalue weighted by molar-refractivity contribution is 5.38. The fourth-order valence-electron chi connectivity index (χ4n) is 8.21. The number of aliphatic hydroxyl groups excluding tert-OH is 1. The van der Waals surface area contributed by atoms with Gasteiger partial charge in [-0.05, 0) is 106 Å². The molecule has 3 saturated carbocycles. The van der Waals surface area contributed by atoms with E-state index in [1.165, 1.54) is 44.1 Å². The number of aromatic hydroxyl groups is 1. The van der Waals surface area contributed by atoms with Gasteiger partial charge in [-0.1, -0.05) is 36.6 Å². The van der Waals surface area contributed by atoms with Crippen molar-refractivity contribution in [3.63, 3.8) is 0 Å². The largest absolute Gasteiger partial charge is 0.508 e. The van der Waals surface area contributed by atoms with Gasteiger partial charge in [-0.15, -0.1) is 0 Å². The molecular formula is C26H36O2. The van der Waals surface area contributed by atoms with Crippen molar-refractivity contribution >= 4 is 0 Å². The van der Waals surface area contributed by atoms with Gasteiger partial charge in [-0.2, -0.15) is 0 Å². The first kappa shape index (κ1) is 18.7. The molecule has 5 unspecified atom stereocenters. The van der Waals surface area contributed by atoms with Gasteiger partial charge >= 0.3 is 0 Å². The van der Waals surface area contributed by atoms with E-state index < -0.39 is 0 Å². The van der Waals surface area contributed by atoms with E-state index in [0.29, 0.717) is 11.7 Å². The van der Waals surface area contributed by atoms with E-state index in [-0.39, 0.29) is 11.5 Å². The molecule has 28 heavy (non-hydrogen) atoms. The van der Waals surface area contributed by atoms with Gasteiger partial charge in [0.2, 0.25) is 0 Å². The van der Waals surface area contributed by atoms with Gasteiger partial charge in [0.25, 0.3) is 0 Å². The van der Waals surface area contributed by atoms with Gasteiger partial charge < -0.3 is 10.2 Å². The predicted octanol–water partition coefficient (Wildman–Crippen LogP) is 5.97. The maximum atomic E-state index is 10.2. The van der Waals surface area contributed by atoms with Crippen LogP contribution < -0.4 is 0 Å². The third kappa shape index (κ3) is 2.78. The average molecular weight is 381 g/mol. The highest BCUT2D eigenvalue weighted by atomic mass is 16.3. The Morgan fingerprint density at radius 1 is 0.857 bits per heavy atom. The van der Waals surface area contributed by atoms with Crippen LogP contribution in [0.15, 0.2) is 35.9 Å². The van der Waals surface area contributed by atoms with Gasteiger partial charge in [0.1, 0.15) is 5.75 Å². The minimum Gasteiger partial charge on any atom is -0.508 e. The standard InChI is InChI=1S/C26H36O2/c1-17-6-15-25-23(16-17)22-4-2-3-5-24(22)26(25,18-7-11-20(27)12-8-18)19-9-13-21(28)14-10-19/h6-8,11-12,19,21-25,27-28H,2-5,9-10,13-16H2,1H3. The molecular weight excluding hydrogens is 344 g/mol. The molecule has 0 bridgehead atoms. The second-order valence-electron chi connectivity index (χ2n) is 10.3. The molecule has 5 rings (SSSR count). The number of aliphatic hydroxyl groups is 1. The molecule has 0 aliphatic heterocycles. The van der Waals surface area contributed by atoms with Crippen molar-refractivity contribution in [2.24, 2.45) is 29.6 Å². The lowest BCUT2D eigenvalue weighted by atomic mass is 9.53. The van der Waals surface area contributed by atoms with Crippen LogP contribution in [0, 0.1) is 29.6 Å². The fraction of sp³-hybridized carbons (Fsp3) is 0.692. The van der Waals surface area contributed by atoms with E-state index in [2.05, 4.69) is 25.1 Å². The SMILES string of the molecule is CC1=CCC2C(C1)C1CCCCC1C2(c1ccc(O)cc1)C1CCC(O)CC1. The van der Waals surface area contributed by atoms with E-state index in [1.807, 2.05) is 12.1 Å². The minimum atomic E-state index is -0.0963. The zero-order valence-corrected chi connectivity index (χ0v) is 17.3. The molecule has 1 aromatic carbocycles. The Labute approximate surface area is 170 Å². The van der Waals surface area contributed by atoms with E-state index in [0.717, 1.165) is 49.4 Å². The second-order valence-corrected chi connectivity index (χ2v) is 10.3. The van der Waals surface area contributed by atoms with Crippen LogP contribution in [0.2, 0.25) is 0 Å². The molecule has 0 saturated heterocycles. The molecule has 3 fully saturated rings. The quantitative estimate of drug-likeness (QED) is 0.620. The Balaban J connectivity index is 1.66. The van der Waals surface area contributed by atoms with Crippen LogP contribution in [0.4, 0.5) is 0 Å². The molecule has 2 heteroatoms. The highest BCUT2D eigenvalue weighted by Crippen LogP contribution is 2.67. The fourth-order valence-corrected chi connectivity index (χ4v) is 8.21. The van der Waals surface area contributed by atoms with Gasteiger partial charge in [0, 0.05) is 5.41 Å². The first-order chi connectivity index (χ1) is 13.6. The molecule has 2 nitrogen and oxygen atoms in total. The van der Waals surface area contributed by atoms with Gasteiger partial charge in [0.05, 0.1) is 6.10 Å². The monoisotopic (exact) mass is 380 g/mol. The van der Waals surface area contributed by atoms with Crippen molar-refractivity contribution in [3.8, 4) is 5.75 Å². The van der Waals surface area contributed by atoms with Crippen molar-refractivity contribution in [3.05, 3.63) is 41.5 Å². The van der Waals surface area contributed by atoms with E-state index >= 15 is 0 Å². The summed E-state index contributed by atoms with van der Waals surface area (Å²) in [6, 6.07) is 8.34. The zero-order chi connectivity index (χ0) is 19.3. The highest BCUT2D eigenvalue weighted by Gasteiger charge is 2.63. The maximum absolute atomic E-state index is 10.2. The van der Waals surface area contributed by atoms with Crippen molar-refractivity contribution in [2.45, 2.75) is 82.7 Å². The second kappa shape index (κ2) is 7.20. The van der Waals surface area contributed by atoms with Crippen LogP contribution in [0.25, 0.3) is 0 Å². The topological polar surface area (TPSA) is 40.5 Å². The number of phenolic OH excluding ortho intramolecular Hbond substituents is 1. The van der Waals surface area contributed by atoms with Gasteiger partial charge in [-0.3, -0.25) is 0 Å². The molecule has 152 valence electrons.